The van der Waals surface area contributed by atoms with Gasteiger partial charge in [0, 0.05) is 57.7 Å². The van der Waals surface area contributed by atoms with Gasteiger partial charge in [-0.3, -0.25) is 0 Å². The maximum Gasteiger partial charge on any atom is 0.225 e. The van der Waals surface area contributed by atoms with Gasteiger partial charge in [-0.15, -0.1) is 0 Å². The van der Waals surface area contributed by atoms with Crippen molar-refractivity contribution in [3.63, 3.8) is 0 Å². The van der Waals surface area contributed by atoms with Gasteiger partial charge in [0.2, 0.25) is 5.95 Å². The SMILES string of the molecule is c1cnc(N2CCN(c3cc(N4CCCC4)ncn3)CC2)nc1. The summed E-state index contributed by atoms with van der Waals surface area (Å²) in [4.78, 5) is 24.5. The second-order valence-corrected chi connectivity index (χ2v) is 5.95. The van der Waals surface area contributed by atoms with Crippen LogP contribution in [0.5, 0.6) is 0 Å². The summed E-state index contributed by atoms with van der Waals surface area (Å²) in [7, 11) is 0. The Balaban J connectivity index is 1.43. The summed E-state index contributed by atoms with van der Waals surface area (Å²) < 4.78 is 0. The lowest BCUT2D eigenvalue weighted by Crippen LogP contribution is -2.47. The Labute approximate surface area is 136 Å². The number of piperazine rings is 1. The Morgan fingerprint density at radius 1 is 0.652 bits per heavy atom. The fourth-order valence-electron chi connectivity index (χ4n) is 3.22. The molecule has 0 spiro atoms. The molecule has 2 saturated heterocycles. The summed E-state index contributed by atoms with van der Waals surface area (Å²) in [6.45, 7) is 5.88. The fourth-order valence-corrected chi connectivity index (χ4v) is 3.22. The molecule has 2 aromatic heterocycles. The van der Waals surface area contributed by atoms with Crippen LogP contribution in [0, 0.1) is 0 Å². The highest BCUT2D eigenvalue weighted by molar-refractivity contribution is 5.51. The minimum atomic E-state index is 0.813. The molecule has 7 nitrogen and oxygen atoms in total. The van der Waals surface area contributed by atoms with Crippen LogP contribution in [0.4, 0.5) is 17.6 Å². The van der Waals surface area contributed by atoms with E-state index >= 15 is 0 Å². The Bertz CT molecular complexity index is 634. The van der Waals surface area contributed by atoms with E-state index in [9.17, 15) is 0 Å². The third-order valence-electron chi connectivity index (χ3n) is 4.51. The van der Waals surface area contributed by atoms with E-state index in [0.29, 0.717) is 0 Å². The van der Waals surface area contributed by atoms with Gasteiger partial charge in [-0.2, -0.15) is 0 Å². The lowest BCUT2D eigenvalue weighted by Gasteiger charge is -2.35. The smallest absolute Gasteiger partial charge is 0.225 e. The molecule has 4 rings (SSSR count). The van der Waals surface area contributed by atoms with Crippen LogP contribution in [-0.2, 0) is 0 Å². The lowest BCUT2D eigenvalue weighted by atomic mass is 10.3. The fraction of sp³-hybridized carbons (Fsp3) is 0.500. The first-order valence-electron chi connectivity index (χ1n) is 8.24. The minimum Gasteiger partial charge on any atom is -0.356 e. The first-order chi connectivity index (χ1) is 11.4. The summed E-state index contributed by atoms with van der Waals surface area (Å²) in [5.74, 6) is 2.89. The molecule has 2 aliphatic rings. The normalized spacial score (nSPS) is 18.5. The summed E-state index contributed by atoms with van der Waals surface area (Å²) in [6.07, 6.45) is 7.79. The second kappa shape index (κ2) is 6.36. The first-order valence-corrected chi connectivity index (χ1v) is 8.24. The third-order valence-corrected chi connectivity index (χ3v) is 4.51. The molecule has 0 unspecified atom stereocenters. The Hall–Kier alpha value is -2.44. The largest absolute Gasteiger partial charge is 0.356 e. The standard InChI is InChI=1S/C16H21N7/c1-2-7-21(6-1)14-12-15(20-13-19-14)22-8-10-23(11-9-22)16-17-4-3-5-18-16/h3-5,12-13H,1-2,6-11H2. The van der Waals surface area contributed by atoms with E-state index < -0.39 is 0 Å². The van der Waals surface area contributed by atoms with E-state index in [-0.39, 0.29) is 0 Å². The van der Waals surface area contributed by atoms with Crippen molar-refractivity contribution in [2.75, 3.05) is 54.0 Å². The molecule has 2 aromatic rings. The summed E-state index contributed by atoms with van der Waals surface area (Å²) in [6, 6.07) is 3.97. The predicted molar refractivity (Wildman–Crippen MR) is 89.9 cm³/mol. The Morgan fingerprint density at radius 3 is 1.87 bits per heavy atom. The monoisotopic (exact) mass is 311 g/mol. The van der Waals surface area contributed by atoms with Crippen LogP contribution >= 0.6 is 0 Å². The summed E-state index contributed by atoms with van der Waals surface area (Å²) in [5, 5.41) is 0. The van der Waals surface area contributed by atoms with Crippen LogP contribution in [0.15, 0.2) is 30.9 Å². The third kappa shape index (κ3) is 3.04. The molecule has 2 fully saturated rings. The minimum absolute atomic E-state index is 0.813. The summed E-state index contributed by atoms with van der Waals surface area (Å²) >= 11 is 0. The highest BCUT2D eigenvalue weighted by Crippen LogP contribution is 2.22. The van der Waals surface area contributed by atoms with E-state index in [0.717, 1.165) is 56.9 Å². The van der Waals surface area contributed by atoms with Crippen molar-refractivity contribution in [2.45, 2.75) is 12.8 Å². The van der Waals surface area contributed by atoms with Gasteiger partial charge in [0.05, 0.1) is 0 Å². The Morgan fingerprint density at radius 2 is 1.22 bits per heavy atom. The average Bonchev–Trinajstić information content (AvgIpc) is 3.18. The van der Waals surface area contributed by atoms with Crippen LogP contribution in [0.1, 0.15) is 12.8 Å². The van der Waals surface area contributed by atoms with Gasteiger partial charge in [-0.25, -0.2) is 19.9 Å². The molecule has 23 heavy (non-hydrogen) atoms. The van der Waals surface area contributed by atoms with E-state index in [1.54, 1.807) is 18.7 Å². The van der Waals surface area contributed by atoms with Crippen molar-refractivity contribution in [1.29, 1.82) is 0 Å². The molecular weight excluding hydrogens is 290 g/mol. The van der Waals surface area contributed by atoms with E-state index in [1.807, 2.05) is 6.07 Å². The van der Waals surface area contributed by atoms with Crippen LogP contribution in [0.3, 0.4) is 0 Å². The van der Waals surface area contributed by atoms with Crippen molar-refractivity contribution in [1.82, 2.24) is 19.9 Å². The molecule has 0 amide bonds. The van der Waals surface area contributed by atoms with Gasteiger partial charge < -0.3 is 14.7 Å². The highest BCUT2D eigenvalue weighted by Gasteiger charge is 2.21. The molecule has 0 saturated carbocycles. The van der Waals surface area contributed by atoms with Crippen LogP contribution < -0.4 is 14.7 Å². The number of rotatable bonds is 3. The first kappa shape index (κ1) is 14.2. The molecule has 0 atom stereocenters. The molecule has 0 aliphatic carbocycles. The average molecular weight is 311 g/mol. The molecule has 0 radical (unpaired) electrons. The predicted octanol–water partition coefficient (Wildman–Crippen LogP) is 1.19. The molecule has 7 heteroatoms. The molecule has 120 valence electrons. The van der Waals surface area contributed by atoms with Crippen molar-refractivity contribution in [2.24, 2.45) is 0 Å². The molecule has 0 aromatic carbocycles. The molecular formula is C16H21N7. The van der Waals surface area contributed by atoms with Gasteiger partial charge in [0.25, 0.3) is 0 Å². The number of hydrogen-bond donors (Lipinski definition) is 0. The lowest BCUT2D eigenvalue weighted by molar-refractivity contribution is 0.634. The van der Waals surface area contributed by atoms with Crippen LogP contribution in [0.2, 0.25) is 0 Å². The van der Waals surface area contributed by atoms with Gasteiger partial charge in [-0.1, -0.05) is 0 Å². The van der Waals surface area contributed by atoms with Crippen LogP contribution in [-0.4, -0.2) is 59.2 Å². The molecule has 2 aliphatic heterocycles. The zero-order valence-electron chi connectivity index (χ0n) is 13.2. The molecule has 0 N–H and O–H groups in total. The van der Waals surface area contributed by atoms with E-state index in [1.165, 1.54) is 12.8 Å². The van der Waals surface area contributed by atoms with Crippen LogP contribution in [0.25, 0.3) is 0 Å². The summed E-state index contributed by atoms with van der Waals surface area (Å²) in [5.41, 5.74) is 0. The maximum atomic E-state index is 4.47. The second-order valence-electron chi connectivity index (χ2n) is 5.95. The number of anilines is 3. The molecule has 4 heterocycles. The number of aromatic nitrogens is 4. The van der Waals surface area contributed by atoms with Crippen molar-refractivity contribution in [3.8, 4) is 0 Å². The number of nitrogens with zero attached hydrogens (tertiary/aromatic N) is 7. The maximum absolute atomic E-state index is 4.47. The van der Waals surface area contributed by atoms with Gasteiger partial charge >= 0.3 is 0 Å². The van der Waals surface area contributed by atoms with Crippen molar-refractivity contribution < 1.29 is 0 Å². The van der Waals surface area contributed by atoms with Gasteiger partial charge in [-0.05, 0) is 18.9 Å². The zero-order valence-corrected chi connectivity index (χ0v) is 13.2. The van der Waals surface area contributed by atoms with Crippen molar-refractivity contribution >= 4 is 17.6 Å². The quantitative estimate of drug-likeness (QED) is 0.844. The number of hydrogen-bond acceptors (Lipinski definition) is 7. The topological polar surface area (TPSA) is 61.3 Å². The van der Waals surface area contributed by atoms with Gasteiger partial charge in [0.1, 0.15) is 18.0 Å². The van der Waals surface area contributed by atoms with E-state index in [2.05, 4.69) is 40.7 Å². The Kier molecular flexibility index (Phi) is 3.92. The van der Waals surface area contributed by atoms with Gasteiger partial charge in [0.15, 0.2) is 0 Å². The van der Waals surface area contributed by atoms with Crippen molar-refractivity contribution in [3.05, 3.63) is 30.9 Å². The highest BCUT2D eigenvalue weighted by atomic mass is 15.3. The molecule has 0 bridgehead atoms. The van der Waals surface area contributed by atoms with E-state index in [4.69, 9.17) is 0 Å². The zero-order chi connectivity index (χ0) is 15.5.